The lowest BCUT2D eigenvalue weighted by molar-refractivity contribution is 0.0696. The van der Waals surface area contributed by atoms with Crippen LogP contribution in [0.15, 0.2) is 22.7 Å². The minimum absolute atomic E-state index is 0.0245. The van der Waals surface area contributed by atoms with Crippen LogP contribution in [0.3, 0.4) is 0 Å². The van der Waals surface area contributed by atoms with Crippen molar-refractivity contribution in [3.05, 3.63) is 40.2 Å². The molecule has 1 aromatic carbocycles. The van der Waals surface area contributed by atoms with Crippen molar-refractivity contribution in [3.8, 4) is 11.5 Å². The Morgan fingerprint density at radius 1 is 1.45 bits per heavy atom. The molecule has 0 amide bonds. The first-order chi connectivity index (χ1) is 9.51. The molecule has 0 unspecified atom stereocenters. The second-order valence-electron chi connectivity index (χ2n) is 4.01. The van der Waals surface area contributed by atoms with Gasteiger partial charge in [-0.3, -0.25) is 0 Å². The van der Waals surface area contributed by atoms with Gasteiger partial charge in [-0.2, -0.15) is 0 Å². The number of nitrogens with zero attached hydrogens (tertiary/aromatic N) is 1. The lowest BCUT2D eigenvalue weighted by Crippen LogP contribution is -2.02. The highest BCUT2D eigenvalue weighted by Crippen LogP contribution is 2.36. The second-order valence-corrected chi connectivity index (χ2v) is 4.42. The van der Waals surface area contributed by atoms with Crippen molar-refractivity contribution in [2.24, 2.45) is 0 Å². The van der Waals surface area contributed by atoms with Gasteiger partial charge >= 0.3 is 5.97 Å². The van der Waals surface area contributed by atoms with E-state index in [1.807, 2.05) is 0 Å². The van der Waals surface area contributed by atoms with E-state index in [2.05, 4.69) is 5.16 Å². The summed E-state index contributed by atoms with van der Waals surface area (Å²) in [6.45, 7) is 1.91. The predicted octanol–water partition coefficient (Wildman–Crippen LogP) is 2.92. The van der Waals surface area contributed by atoms with Crippen LogP contribution in [-0.4, -0.2) is 23.3 Å². The summed E-state index contributed by atoms with van der Waals surface area (Å²) in [6, 6.07) is 4.37. The Kier molecular flexibility index (Phi) is 4.14. The first-order valence-electron chi connectivity index (χ1n) is 5.67. The van der Waals surface area contributed by atoms with Gasteiger partial charge in [0.15, 0.2) is 11.5 Å². The molecule has 2 aromatic rings. The number of hydrogen-bond acceptors (Lipinski definition) is 5. The molecule has 0 aliphatic carbocycles. The number of aryl methyl sites for hydroxylation is 1. The van der Waals surface area contributed by atoms with E-state index in [-0.39, 0.29) is 28.7 Å². The van der Waals surface area contributed by atoms with Crippen LogP contribution in [0.25, 0.3) is 0 Å². The molecule has 0 aliphatic heterocycles. The summed E-state index contributed by atoms with van der Waals surface area (Å²) in [5, 5.41) is 12.9. The lowest BCUT2D eigenvalue weighted by atomic mass is 10.2. The quantitative estimate of drug-likeness (QED) is 0.913. The van der Waals surface area contributed by atoms with E-state index >= 15 is 0 Å². The van der Waals surface area contributed by atoms with Crippen molar-refractivity contribution in [3.63, 3.8) is 0 Å². The van der Waals surface area contributed by atoms with Crippen LogP contribution in [0.1, 0.15) is 21.8 Å². The highest BCUT2D eigenvalue weighted by Gasteiger charge is 2.16. The number of aromatic carboxylic acids is 1. The Hall–Kier alpha value is -2.21. The van der Waals surface area contributed by atoms with Gasteiger partial charge in [0.2, 0.25) is 0 Å². The molecular formula is C13H12ClNO5. The van der Waals surface area contributed by atoms with Crippen LogP contribution < -0.4 is 9.47 Å². The van der Waals surface area contributed by atoms with Crippen molar-refractivity contribution < 1.29 is 23.9 Å². The van der Waals surface area contributed by atoms with Gasteiger partial charge in [0, 0.05) is 6.07 Å². The van der Waals surface area contributed by atoms with Crippen LogP contribution >= 0.6 is 11.6 Å². The number of carbonyl (C=O) groups is 1. The van der Waals surface area contributed by atoms with Gasteiger partial charge in [-0.15, -0.1) is 0 Å². The average molecular weight is 298 g/mol. The van der Waals surface area contributed by atoms with Gasteiger partial charge in [-0.05, 0) is 19.1 Å². The predicted molar refractivity (Wildman–Crippen MR) is 70.5 cm³/mol. The molecule has 0 aliphatic rings. The van der Waals surface area contributed by atoms with E-state index in [1.54, 1.807) is 13.0 Å². The van der Waals surface area contributed by atoms with E-state index in [0.29, 0.717) is 11.5 Å². The molecule has 106 valence electrons. The zero-order chi connectivity index (χ0) is 14.7. The molecule has 0 saturated carbocycles. The van der Waals surface area contributed by atoms with Gasteiger partial charge in [0.05, 0.1) is 17.7 Å². The van der Waals surface area contributed by atoms with Gasteiger partial charge in [0.25, 0.3) is 0 Å². The maximum absolute atomic E-state index is 10.9. The molecule has 0 fully saturated rings. The highest BCUT2D eigenvalue weighted by atomic mass is 35.5. The standard InChI is InChI=1S/C13H12ClNO5/c1-7-3-9(15-20-7)6-19-12-10(14)4-8(13(16)17)5-11(12)18-2/h3-5H,6H2,1-2H3,(H,16,17). The van der Waals surface area contributed by atoms with E-state index in [1.165, 1.54) is 19.2 Å². The molecule has 1 heterocycles. The number of aromatic nitrogens is 1. The molecule has 0 saturated heterocycles. The maximum atomic E-state index is 10.9. The van der Waals surface area contributed by atoms with Crippen LogP contribution in [0.2, 0.25) is 5.02 Å². The number of ether oxygens (including phenoxy) is 2. The van der Waals surface area contributed by atoms with Crippen molar-refractivity contribution in [1.82, 2.24) is 5.16 Å². The molecule has 2 rings (SSSR count). The molecule has 0 spiro atoms. The van der Waals surface area contributed by atoms with Crippen molar-refractivity contribution >= 4 is 17.6 Å². The summed E-state index contributed by atoms with van der Waals surface area (Å²) in [5.74, 6) is 0.0849. The van der Waals surface area contributed by atoms with Crippen LogP contribution in [0, 0.1) is 6.92 Å². The van der Waals surface area contributed by atoms with Crippen LogP contribution in [-0.2, 0) is 6.61 Å². The SMILES string of the molecule is COc1cc(C(=O)O)cc(Cl)c1OCc1cc(C)on1. The molecule has 6 nitrogen and oxygen atoms in total. The summed E-state index contributed by atoms with van der Waals surface area (Å²) in [5.41, 5.74) is 0.624. The Bertz CT molecular complexity index is 638. The van der Waals surface area contributed by atoms with Crippen molar-refractivity contribution in [2.75, 3.05) is 7.11 Å². The smallest absolute Gasteiger partial charge is 0.335 e. The largest absolute Gasteiger partial charge is 0.493 e. The molecule has 0 bridgehead atoms. The fraction of sp³-hybridized carbons (Fsp3) is 0.231. The average Bonchev–Trinajstić information content (AvgIpc) is 2.82. The second kappa shape index (κ2) is 5.83. The lowest BCUT2D eigenvalue weighted by Gasteiger charge is -2.12. The number of benzene rings is 1. The minimum Gasteiger partial charge on any atom is -0.493 e. The first kappa shape index (κ1) is 14.2. The summed E-state index contributed by atoms with van der Waals surface area (Å²) in [4.78, 5) is 10.9. The summed E-state index contributed by atoms with van der Waals surface area (Å²) >= 11 is 6.02. The Balaban J connectivity index is 2.24. The number of rotatable bonds is 5. The van der Waals surface area contributed by atoms with E-state index in [4.69, 9.17) is 30.7 Å². The zero-order valence-electron chi connectivity index (χ0n) is 10.8. The molecule has 20 heavy (non-hydrogen) atoms. The van der Waals surface area contributed by atoms with Gasteiger partial charge in [-0.1, -0.05) is 16.8 Å². The third-order valence-corrected chi connectivity index (χ3v) is 2.80. The van der Waals surface area contributed by atoms with E-state index in [9.17, 15) is 4.79 Å². The number of methoxy groups -OCH3 is 1. The Morgan fingerprint density at radius 2 is 2.20 bits per heavy atom. The van der Waals surface area contributed by atoms with Gasteiger partial charge < -0.3 is 19.1 Å². The fourth-order valence-electron chi connectivity index (χ4n) is 1.62. The van der Waals surface area contributed by atoms with Gasteiger partial charge in [0.1, 0.15) is 18.1 Å². The van der Waals surface area contributed by atoms with Crippen molar-refractivity contribution in [2.45, 2.75) is 13.5 Å². The molecule has 0 atom stereocenters. The maximum Gasteiger partial charge on any atom is 0.335 e. The summed E-state index contributed by atoms with van der Waals surface area (Å²) in [7, 11) is 1.41. The number of halogens is 1. The molecule has 7 heteroatoms. The normalized spacial score (nSPS) is 10.3. The summed E-state index contributed by atoms with van der Waals surface area (Å²) < 4.78 is 15.5. The number of carboxylic acid groups (broad SMARTS) is 1. The van der Waals surface area contributed by atoms with E-state index < -0.39 is 5.97 Å². The number of hydrogen-bond donors (Lipinski definition) is 1. The third kappa shape index (κ3) is 3.03. The highest BCUT2D eigenvalue weighted by molar-refractivity contribution is 6.32. The number of carboxylic acids is 1. The Morgan fingerprint density at radius 3 is 2.75 bits per heavy atom. The monoisotopic (exact) mass is 297 g/mol. The third-order valence-electron chi connectivity index (χ3n) is 2.52. The van der Waals surface area contributed by atoms with Crippen LogP contribution in [0.4, 0.5) is 0 Å². The fourth-order valence-corrected chi connectivity index (χ4v) is 1.88. The van der Waals surface area contributed by atoms with Crippen molar-refractivity contribution in [1.29, 1.82) is 0 Å². The van der Waals surface area contributed by atoms with Crippen LogP contribution in [0.5, 0.6) is 11.5 Å². The molecule has 0 radical (unpaired) electrons. The minimum atomic E-state index is -1.09. The van der Waals surface area contributed by atoms with Gasteiger partial charge in [-0.25, -0.2) is 4.79 Å². The Labute approximate surface area is 119 Å². The zero-order valence-corrected chi connectivity index (χ0v) is 11.6. The summed E-state index contributed by atoms with van der Waals surface area (Å²) in [6.07, 6.45) is 0. The van der Waals surface area contributed by atoms with E-state index in [0.717, 1.165) is 0 Å². The molecule has 1 aromatic heterocycles. The topological polar surface area (TPSA) is 81.8 Å². The molecule has 1 N–H and O–H groups in total. The first-order valence-corrected chi connectivity index (χ1v) is 6.05. The molecular weight excluding hydrogens is 286 g/mol.